The SMILES string of the molecule is Cc1oc(-c2cccs2)nc1CN(C)Cc1ccc2ccccc2c1. The molecule has 0 unspecified atom stereocenters. The first-order valence-corrected chi connectivity index (χ1v) is 9.23. The van der Waals surface area contributed by atoms with Crippen LogP contribution in [0.4, 0.5) is 0 Å². The number of thiophene rings is 1. The number of hydrogen-bond donors (Lipinski definition) is 0. The third-order valence-electron chi connectivity index (χ3n) is 4.31. The molecule has 0 aliphatic carbocycles. The van der Waals surface area contributed by atoms with E-state index in [4.69, 9.17) is 4.42 Å². The third kappa shape index (κ3) is 3.50. The first-order chi connectivity index (χ1) is 12.2. The number of nitrogens with zero attached hydrogens (tertiary/aromatic N) is 2. The van der Waals surface area contributed by atoms with Crippen molar-refractivity contribution in [3.8, 4) is 10.8 Å². The maximum Gasteiger partial charge on any atom is 0.236 e. The topological polar surface area (TPSA) is 29.3 Å². The molecule has 25 heavy (non-hydrogen) atoms. The van der Waals surface area contributed by atoms with Gasteiger partial charge >= 0.3 is 0 Å². The van der Waals surface area contributed by atoms with Crippen molar-refractivity contribution in [3.63, 3.8) is 0 Å². The van der Waals surface area contributed by atoms with E-state index in [0.29, 0.717) is 0 Å². The number of hydrogen-bond acceptors (Lipinski definition) is 4. The van der Waals surface area contributed by atoms with Crippen LogP contribution in [0, 0.1) is 6.92 Å². The summed E-state index contributed by atoms with van der Waals surface area (Å²) in [4.78, 5) is 8.03. The Kier molecular flexibility index (Phi) is 4.38. The van der Waals surface area contributed by atoms with Gasteiger partial charge in [0.05, 0.1) is 10.6 Å². The van der Waals surface area contributed by atoms with Gasteiger partial charge in [-0.2, -0.15) is 0 Å². The second-order valence-corrected chi connectivity index (χ2v) is 7.30. The molecule has 4 rings (SSSR count). The van der Waals surface area contributed by atoms with Gasteiger partial charge in [-0.3, -0.25) is 4.90 Å². The summed E-state index contributed by atoms with van der Waals surface area (Å²) in [7, 11) is 2.12. The predicted molar refractivity (Wildman–Crippen MR) is 104 cm³/mol. The van der Waals surface area contributed by atoms with Gasteiger partial charge in [-0.05, 0) is 47.8 Å². The van der Waals surface area contributed by atoms with Gasteiger partial charge in [0.25, 0.3) is 0 Å². The molecule has 2 aromatic heterocycles. The summed E-state index contributed by atoms with van der Waals surface area (Å²) in [6.07, 6.45) is 0. The van der Waals surface area contributed by atoms with Crippen molar-refractivity contribution >= 4 is 22.1 Å². The lowest BCUT2D eigenvalue weighted by atomic mass is 10.1. The fraction of sp³-hybridized carbons (Fsp3) is 0.190. The molecule has 3 nitrogen and oxygen atoms in total. The van der Waals surface area contributed by atoms with Crippen molar-refractivity contribution in [1.29, 1.82) is 0 Å². The molecule has 4 heteroatoms. The molecule has 0 spiro atoms. The smallest absolute Gasteiger partial charge is 0.236 e. The van der Waals surface area contributed by atoms with Crippen LogP contribution < -0.4 is 0 Å². The molecule has 0 N–H and O–H groups in total. The van der Waals surface area contributed by atoms with Crippen LogP contribution in [-0.2, 0) is 13.1 Å². The lowest BCUT2D eigenvalue weighted by Gasteiger charge is -2.16. The van der Waals surface area contributed by atoms with Crippen LogP contribution in [0.5, 0.6) is 0 Å². The van der Waals surface area contributed by atoms with Gasteiger partial charge in [0.15, 0.2) is 0 Å². The molecule has 0 radical (unpaired) electrons. The Morgan fingerprint density at radius 1 is 1.00 bits per heavy atom. The highest BCUT2D eigenvalue weighted by Gasteiger charge is 2.14. The highest BCUT2D eigenvalue weighted by molar-refractivity contribution is 7.13. The Balaban J connectivity index is 1.49. The van der Waals surface area contributed by atoms with E-state index in [1.807, 2.05) is 24.4 Å². The van der Waals surface area contributed by atoms with E-state index in [9.17, 15) is 0 Å². The summed E-state index contributed by atoms with van der Waals surface area (Å²) < 4.78 is 5.84. The van der Waals surface area contributed by atoms with Crippen LogP contribution in [0.2, 0.25) is 0 Å². The quantitative estimate of drug-likeness (QED) is 0.477. The summed E-state index contributed by atoms with van der Waals surface area (Å²) in [5.74, 6) is 1.62. The van der Waals surface area contributed by atoms with Crippen LogP contribution in [-0.4, -0.2) is 16.9 Å². The highest BCUT2D eigenvalue weighted by atomic mass is 32.1. The summed E-state index contributed by atoms with van der Waals surface area (Å²) in [5.41, 5.74) is 2.31. The second-order valence-electron chi connectivity index (χ2n) is 6.35. The Hall–Kier alpha value is -2.43. The van der Waals surface area contributed by atoms with Gasteiger partial charge in [-0.15, -0.1) is 11.3 Å². The summed E-state index contributed by atoms with van der Waals surface area (Å²) in [6, 6.07) is 19.2. The van der Waals surface area contributed by atoms with Crippen LogP contribution in [0.1, 0.15) is 17.0 Å². The monoisotopic (exact) mass is 348 g/mol. The highest BCUT2D eigenvalue weighted by Crippen LogP contribution is 2.26. The van der Waals surface area contributed by atoms with Crippen LogP contribution >= 0.6 is 11.3 Å². The number of aryl methyl sites for hydroxylation is 1. The van der Waals surface area contributed by atoms with Crippen LogP contribution in [0.25, 0.3) is 21.5 Å². The molecule has 0 saturated heterocycles. The first kappa shape index (κ1) is 16.1. The third-order valence-corrected chi connectivity index (χ3v) is 5.17. The fourth-order valence-electron chi connectivity index (χ4n) is 3.04. The predicted octanol–water partition coefficient (Wildman–Crippen LogP) is 5.50. The molecule has 0 atom stereocenters. The molecular weight excluding hydrogens is 328 g/mol. The lowest BCUT2D eigenvalue weighted by molar-refractivity contribution is 0.313. The number of aromatic nitrogens is 1. The van der Waals surface area contributed by atoms with E-state index < -0.39 is 0 Å². The van der Waals surface area contributed by atoms with Crippen molar-refractivity contribution in [2.45, 2.75) is 20.0 Å². The minimum absolute atomic E-state index is 0.724. The second kappa shape index (κ2) is 6.82. The molecule has 0 fully saturated rings. The molecule has 0 aliphatic heterocycles. The largest absolute Gasteiger partial charge is 0.440 e. The number of rotatable bonds is 5. The van der Waals surface area contributed by atoms with E-state index >= 15 is 0 Å². The zero-order chi connectivity index (χ0) is 17.2. The van der Waals surface area contributed by atoms with Crippen molar-refractivity contribution in [2.24, 2.45) is 0 Å². The fourth-order valence-corrected chi connectivity index (χ4v) is 3.69. The molecule has 0 saturated carbocycles. The van der Waals surface area contributed by atoms with Crippen molar-refractivity contribution in [1.82, 2.24) is 9.88 Å². The van der Waals surface area contributed by atoms with Gasteiger partial charge in [0, 0.05) is 13.1 Å². The normalized spacial score (nSPS) is 11.5. The number of oxazole rings is 1. The Morgan fingerprint density at radius 2 is 1.84 bits per heavy atom. The van der Waals surface area contributed by atoms with E-state index in [1.165, 1.54) is 16.3 Å². The minimum atomic E-state index is 0.724. The van der Waals surface area contributed by atoms with Crippen molar-refractivity contribution < 1.29 is 4.42 Å². The average Bonchev–Trinajstić information content (AvgIpc) is 3.25. The molecule has 2 aromatic carbocycles. The average molecular weight is 348 g/mol. The zero-order valence-electron chi connectivity index (χ0n) is 14.4. The molecule has 126 valence electrons. The molecule has 0 aliphatic rings. The molecule has 0 amide bonds. The van der Waals surface area contributed by atoms with Crippen LogP contribution in [0.3, 0.4) is 0 Å². The van der Waals surface area contributed by atoms with Gasteiger partial charge in [0.2, 0.25) is 5.89 Å². The van der Waals surface area contributed by atoms with Crippen molar-refractivity contribution in [2.75, 3.05) is 7.05 Å². The maximum absolute atomic E-state index is 5.84. The van der Waals surface area contributed by atoms with E-state index in [0.717, 1.165) is 35.3 Å². The summed E-state index contributed by atoms with van der Waals surface area (Å²) in [6.45, 7) is 3.64. The Labute approximate surface area is 151 Å². The molecular formula is C21H20N2OS. The standard InChI is InChI=1S/C21H20N2OS/c1-15-19(22-21(24-15)20-8-5-11-25-20)14-23(2)13-16-9-10-17-6-3-4-7-18(17)12-16/h3-12H,13-14H2,1-2H3. The molecule has 2 heterocycles. The number of benzene rings is 2. The van der Waals surface area contributed by atoms with E-state index in [1.54, 1.807) is 11.3 Å². The maximum atomic E-state index is 5.84. The molecule has 4 aromatic rings. The first-order valence-electron chi connectivity index (χ1n) is 8.35. The van der Waals surface area contributed by atoms with E-state index in [-0.39, 0.29) is 0 Å². The lowest BCUT2D eigenvalue weighted by Crippen LogP contribution is -2.18. The van der Waals surface area contributed by atoms with E-state index in [2.05, 4.69) is 59.4 Å². The Morgan fingerprint density at radius 3 is 2.64 bits per heavy atom. The van der Waals surface area contributed by atoms with Gasteiger partial charge in [-0.1, -0.05) is 42.5 Å². The minimum Gasteiger partial charge on any atom is -0.440 e. The summed E-state index contributed by atoms with van der Waals surface area (Å²) >= 11 is 1.65. The van der Waals surface area contributed by atoms with Gasteiger partial charge in [-0.25, -0.2) is 4.98 Å². The zero-order valence-corrected chi connectivity index (χ0v) is 15.2. The van der Waals surface area contributed by atoms with Gasteiger partial charge in [0.1, 0.15) is 5.76 Å². The number of fused-ring (bicyclic) bond motifs is 1. The van der Waals surface area contributed by atoms with Crippen LogP contribution in [0.15, 0.2) is 64.4 Å². The molecule has 0 bridgehead atoms. The van der Waals surface area contributed by atoms with Crippen molar-refractivity contribution in [3.05, 3.63) is 77.0 Å². The summed E-state index contributed by atoms with van der Waals surface area (Å²) in [5, 5.41) is 4.60. The van der Waals surface area contributed by atoms with Gasteiger partial charge < -0.3 is 4.42 Å². The Bertz CT molecular complexity index is 988.